The van der Waals surface area contributed by atoms with Crippen molar-refractivity contribution in [3.8, 4) is 5.75 Å². The molecule has 5 heteroatoms. The van der Waals surface area contributed by atoms with Crippen molar-refractivity contribution in [2.24, 2.45) is 5.73 Å². The van der Waals surface area contributed by atoms with Gasteiger partial charge in [-0.05, 0) is 37.3 Å². The van der Waals surface area contributed by atoms with E-state index in [4.69, 9.17) is 10.5 Å². The third kappa shape index (κ3) is 4.31. The first-order valence-corrected chi connectivity index (χ1v) is 7.40. The lowest BCUT2D eigenvalue weighted by atomic mass is 10.2. The van der Waals surface area contributed by atoms with Crippen LogP contribution >= 0.6 is 15.9 Å². The number of benzene rings is 2. The summed E-state index contributed by atoms with van der Waals surface area (Å²) in [4.78, 5) is 12.1. The molecule has 2 rings (SSSR count). The van der Waals surface area contributed by atoms with Crippen LogP contribution in [0.25, 0.3) is 0 Å². The van der Waals surface area contributed by atoms with Gasteiger partial charge in [0.25, 0.3) is 5.91 Å². The minimum absolute atomic E-state index is 0.202. The largest absolute Gasteiger partial charge is 0.481 e. The molecule has 0 aliphatic heterocycles. The first-order valence-electron chi connectivity index (χ1n) is 6.61. The Morgan fingerprint density at radius 2 is 2.00 bits per heavy atom. The zero-order valence-corrected chi connectivity index (χ0v) is 13.3. The van der Waals surface area contributed by atoms with Crippen molar-refractivity contribution >= 4 is 27.5 Å². The van der Waals surface area contributed by atoms with Crippen LogP contribution in [0.15, 0.2) is 53.0 Å². The maximum absolute atomic E-state index is 12.1. The molecular formula is C16H17BrN2O2. The van der Waals surface area contributed by atoms with E-state index >= 15 is 0 Å². The molecule has 3 N–H and O–H groups in total. The molecule has 0 fully saturated rings. The molecule has 2 aromatic carbocycles. The molecule has 0 heterocycles. The summed E-state index contributed by atoms with van der Waals surface area (Å²) in [5.74, 6) is 0.420. The number of rotatable bonds is 5. The molecule has 0 bridgehead atoms. The Morgan fingerprint density at radius 1 is 1.29 bits per heavy atom. The molecule has 110 valence electrons. The number of ether oxygens (including phenoxy) is 1. The van der Waals surface area contributed by atoms with Crippen LogP contribution in [-0.2, 0) is 11.3 Å². The third-order valence-electron chi connectivity index (χ3n) is 2.96. The number of nitrogens with one attached hydrogen (secondary N) is 1. The van der Waals surface area contributed by atoms with Gasteiger partial charge in [0.1, 0.15) is 5.75 Å². The summed E-state index contributed by atoms with van der Waals surface area (Å²) in [5.41, 5.74) is 7.29. The Kier molecular flexibility index (Phi) is 5.36. The molecular weight excluding hydrogens is 332 g/mol. The predicted molar refractivity (Wildman–Crippen MR) is 87.2 cm³/mol. The van der Waals surface area contributed by atoms with Crippen LogP contribution in [-0.4, -0.2) is 12.0 Å². The van der Waals surface area contributed by atoms with E-state index in [1.54, 1.807) is 13.0 Å². The summed E-state index contributed by atoms with van der Waals surface area (Å²) in [6.07, 6.45) is -0.614. The van der Waals surface area contributed by atoms with Crippen LogP contribution in [0.5, 0.6) is 5.75 Å². The molecule has 0 radical (unpaired) electrons. The molecule has 0 aliphatic rings. The lowest BCUT2D eigenvalue weighted by Gasteiger charge is -2.17. The number of hydrogen-bond donors (Lipinski definition) is 2. The number of amides is 1. The van der Waals surface area contributed by atoms with Crippen molar-refractivity contribution in [1.82, 2.24) is 0 Å². The summed E-state index contributed by atoms with van der Waals surface area (Å²) in [5, 5.41) is 2.81. The lowest BCUT2D eigenvalue weighted by Crippen LogP contribution is -2.30. The smallest absolute Gasteiger partial charge is 0.265 e. The monoisotopic (exact) mass is 348 g/mol. The standard InChI is InChI=1S/C16H17BrN2O2/c1-11(16(20)19-14-5-3-2-4-6-14)21-15-8-7-13(17)9-12(15)10-18/h2-9,11H,10,18H2,1H3,(H,19,20). The minimum atomic E-state index is -0.614. The van der Waals surface area contributed by atoms with Crippen LogP contribution in [0.1, 0.15) is 12.5 Å². The van der Waals surface area contributed by atoms with Crippen molar-refractivity contribution in [3.63, 3.8) is 0 Å². The van der Waals surface area contributed by atoms with Gasteiger partial charge in [-0.3, -0.25) is 4.79 Å². The van der Waals surface area contributed by atoms with Gasteiger partial charge in [0.2, 0.25) is 0 Å². The third-order valence-corrected chi connectivity index (χ3v) is 3.45. The molecule has 2 aromatic rings. The van der Waals surface area contributed by atoms with Crippen molar-refractivity contribution in [1.29, 1.82) is 0 Å². The van der Waals surface area contributed by atoms with E-state index < -0.39 is 6.10 Å². The highest BCUT2D eigenvalue weighted by Gasteiger charge is 2.16. The first kappa shape index (κ1) is 15.5. The summed E-state index contributed by atoms with van der Waals surface area (Å²) < 4.78 is 6.64. The number of anilines is 1. The Morgan fingerprint density at radius 3 is 2.67 bits per heavy atom. The Balaban J connectivity index is 2.04. The number of carbonyl (C=O) groups excluding carboxylic acids is 1. The molecule has 1 atom stereocenters. The van der Waals surface area contributed by atoms with E-state index in [0.29, 0.717) is 12.3 Å². The zero-order valence-electron chi connectivity index (χ0n) is 11.7. The molecule has 1 unspecified atom stereocenters. The van der Waals surface area contributed by atoms with E-state index in [9.17, 15) is 4.79 Å². The molecule has 0 saturated carbocycles. The van der Waals surface area contributed by atoms with Crippen molar-refractivity contribution in [3.05, 3.63) is 58.6 Å². The van der Waals surface area contributed by atoms with Crippen molar-refractivity contribution < 1.29 is 9.53 Å². The molecule has 0 spiro atoms. The quantitative estimate of drug-likeness (QED) is 0.870. The number of halogens is 1. The average molecular weight is 349 g/mol. The van der Waals surface area contributed by atoms with Crippen LogP contribution in [0.2, 0.25) is 0 Å². The van der Waals surface area contributed by atoms with E-state index in [1.165, 1.54) is 0 Å². The Bertz CT molecular complexity index is 617. The summed E-state index contributed by atoms with van der Waals surface area (Å²) >= 11 is 3.39. The fraction of sp³-hybridized carbons (Fsp3) is 0.188. The van der Waals surface area contributed by atoms with Gasteiger partial charge in [-0.15, -0.1) is 0 Å². The van der Waals surface area contributed by atoms with E-state index in [0.717, 1.165) is 15.7 Å². The molecule has 4 nitrogen and oxygen atoms in total. The van der Waals surface area contributed by atoms with Gasteiger partial charge in [0.15, 0.2) is 6.10 Å². The molecule has 21 heavy (non-hydrogen) atoms. The van der Waals surface area contributed by atoms with Crippen molar-refractivity contribution in [2.75, 3.05) is 5.32 Å². The second-order valence-electron chi connectivity index (χ2n) is 4.57. The Labute approximate surface area is 132 Å². The highest BCUT2D eigenvalue weighted by molar-refractivity contribution is 9.10. The van der Waals surface area contributed by atoms with Gasteiger partial charge in [-0.2, -0.15) is 0 Å². The predicted octanol–water partition coefficient (Wildman–Crippen LogP) is 3.31. The maximum Gasteiger partial charge on any atom is 0.265 e. The van der Waals surface area contributed by atoms with Gasteiger partial charge < -0.3 is 15.8 Å². The van der Waals surface area contributed by atoms with Crippen LogP contribution in [0.4, 0.5) is 5.69 Å². The summed E-state index contributed by atoms with van der Waals surface area (Å²) in [6, 6.07) is 14.8. The second-order valence-corrected chi connectivity index (χ2v) is 5.49. The Hall–Kier alpha value is -1.85. The van der Waals surface area contributed by atoms with E-state index in [-0.39, 0.29) is 5.91 Å². The second kappa shape index (κ2) is 7.24. The fourth-order valence-electron chi connectivity index (χ4n) is 1.83. The molecule has 1 amide bonds. The van der Waals surface area contributed by atoms with Crippen molar-refractivity contribution in [2.45, 2.75) is 19.6 Å². The maximum atomic E-state index is 12.1. The molecule has 0 aliphatic carbocycles. The zero-order chi connectivity index (χ0) is 15.2. The number of carbonyl (C=O) groups is 1. The highest BCUT2D eigenvalue weighted by Crippen LogP contribution is 2.24. The van der Waals surface area contributed by atoms with Gasteiger partial charge >= 0.3 is 0 Å². The minimum Gasteiger partial charge on any atom is -0.481 e. The fourth-order valence-corrected chi connectivity index (χ4v) is 2.24. The highest BCUT2D eigenvalue weighted by atomic mass is 79.9. The lowest BCUT2D eigenvalue weighted by molar-refractivity contribution is -0.122. The van der Waals surface area contributed by atoms with Gasteiger partial charge in [-0.1, -0.05) is 34.1 Å². The number of nitrogens with two attached hydrogens (primary N) is 1. The van der Waals surface area contributed by atoms with Crippen LogP contribution < -0.4 is 15.8 Å². The SMILES string of the molecule is CC(Oc1ccc(Br)cc1CN)C(=O)Nc1ccccc1. The van der Waals surface area contributed by atoms with E-state index in [1.807, 2.05) is 42.5 Å². The average Bonchev–Trinajstić information content (AvgIpc) is 2.49. The summed E-state index contributed by atoms with van der Waals surface area (Å²) in [7, 11) is 0. The van der Waals surface area contributed by atoms with Crippen LogP contribution in [0, 0.1) is 0 Å². The van der Waals surface area contributed by atoms with Crippen LogP contribution in [0.3, 0.4) is 0 Å². The first-order chi connectivity index (χ1) is 10.1. The van der Waals surface area contributed by atoms with Gasteiger partial charge in [0, 0.05) is 22.3 Å². The van der Waals surface area contributed by atoms with Gasteiger partial charge in [0.05, 0.1) is 0 Å². The number of hydrogen-bond acceptors (Lipinski definition) is 3. The normalized spacial score (nSPS) is 11.8. The number of para-hydroxylation sites is 1. The molecule has 0 saturated heterocycles. The van der Waals surface area contributed by atoms with E-state index in [2.05, 4.69) is 21.2 Å². The topological polar surface area (TPSA) is 64.3 Å². The summed E-state index contributed by atoms with van der Waals surface area (Å²) in [6.45, 7) is 2.06. The molecule has 0 aromatic heterocycles. The van der Waals surface area contributed by atoms with Gasteiger partial charge in [-0.25, -0.2) is 0 Å².